The molecule has 1 spiro atoms. The molecule has 1 N–H and O–H groups in total. The number of phenols is 1. The number of pyridine rings is 1. The van der Waals surface area contributed by atoms with Crippen LogP contribution >= 0.6 is 0 Å². The SMILES string of the molecule is Oc1ccc([C]23[CH]4[CH]5[C]6(c7ccc8ccccc8n7)[CH]2[Fe]45362789[CH]3[CH]2[CH]7[CH]8[CH]39)cc1. The van der Waals surface area contributed by atoms with Crippen LogP contribution in [0.15, 0.2) is 60.7 Å². The molecule has 10 fully saturated rings. The van der Waals surface area contributed by atoms with Gasteiger partial charge < -0.3 is 0 Å². The van der Waals surface area contributed by atoms with Gasteiger partial charge in [0.25, 0.3) is 0 Å². The molecule has 138 valence electrons. The van der Waals surface area contributed by atoms with Crippen molar-refractivity contribution in [3.8, 4) is 5.75 Å². The van der Waals surface area contributed by atoms with E-state index in [2.05, 4.69) is 48.5 Å². The fraction of sp³-hybridized carbons (Fsp3) is 0.400. The second-order valence-corrected chi connectivity index (χ2v) is 36.9. The number of aromatic hydroxyl groups is 1. The molecule has 2 nitrogen and oxygen atoms in total. The van der Waals surface area contributed by atoms with E-state index in [-0.39, 0.29) is 0 Å². The van der Waals surface area contributed by atoms with E-state index in [0.29, 0.717) is 14.4 Å². The topological polar surface area (TPSA) is 33.1 Å². The number of phenolic OH excluding ortho intramolecular Hbond substituents is 1. The third-order valence-electron chi connectivity index (χ3n) is 18.1. The minimum absolute atomic E-state index is 0.432. The first-order chi connectivity index (χ1) is 13.5. The monoisotopic (exact) mass is 405 g/mol. The van der Waals surface area contributed by atoms with E-state index >= 15 is 0 Å². The molecule has 28 heavy (non-hydrogen) atoms. The van der Waals surface area contributed by atoms with E-state index in [1.807, 2.05) is 12.1 Å². The van der Waals surface area contributed by atoms with E-state index < -0.39 is 6.51 Å². The summed E-state index contributed by atoms with van der Waals surface area (Å²) >= 11 is 0. The molecule has 0 amide bonds. The summed E-state index contributed by atoms with van der Waals surface area (Å²) in [4.78, 5) is 14.9. The number of fused-ring (bicyclic) bond motifs is 11. The molecule has 11 heterocycles. The molecule has 13 rings (SSSR count). The minimum atomic E-state index is -3.63. The van der Waals surface area contributed by atoms with Gasteiger partial charge in [-0.1, -0.05) is 0 Å². The molecule has 10 aliphatic heterocycles. The van der Waals surface area contributed by atoms with Crippen LogP contribution in [0.4, 0.5) is 0 Å². The maximum atomic E-state index is 9.91. The molecule has 3 aromatic rings. The van der Waals surface area contributed by atoms with Crippen LogP contribution < -0.4 is 0 Å². The molecular formula is C25H19FeNO. The number of nitrogens with zero attached hydrogens (tertiary/aromatic N) is 1. The van der Waals surface area contributed by atoms with E-state index in [1.54, 1.807) is 11.3 Å². The molecule has 10 saturated heterocycles. The van der Waals surface area contributed by atoms with Crippen LogP contribution in [0.2, 0.25) is 38.5 Å². The van der Waals surface area contributed by atoms with E-state index in [9.17, 15) is 5.11 Å². The van der Waals surface area contributed by atoms with Gasteiger partial charge >= 0.3 is 152 Å². The van der Waals surface area contributed by atoms with Crippen molar-refractivity contribution in [3.63, 3.8) is 0 Å². The Labute approximate surface area is 152 Å². The fourth-order valence-electron chi connectivity index (χ4n) is 20.0. The van der Waals surface area contributed by atoms with Crippen molar-refractivity contribution in [2.45, 2.75) is 47.2 Å². The molecule has 0 aliphatic carbocycles. The van der Waals surface area contributed by atoms with Gasteiger partial charge in [0.05, 0.1) is 0 Å². The molecular weight excluding hydrogens is 386 g/mol. The second-order valence-electron chi connectivity index (χ2n) is 13.7. The zero-order valence-corrected chi connectivity index (χ0v) is 16.2. The Morgan fingerprint density at radius 3 is 2.11 bits per heavy atom. The van der Waals surface area contributed by atoms with E-state index in [0.717, 1.165) is 14.4 Å². The summed E-state index contributed by atoms with van der Waals surface area (Å²) in [5.74, 6) is 0.432. The number of hydrogen-bond acceptors (Lipinski definition) is 2. The van der Waals surface area contributed by atoms with Crippen LogP contribution in [-0.4, -0.2) is 10.1 Å². The third-order valence-corrected chi connectivity index (χ3v) is 60.9. The van der Waals surface area contributed by atoms with E-state index in [1.165, 1.54) is 35.0 Å². The first-order valence-corrected chi connectivity index (χ1v) is 17.1. The van der Waals surface area contributed by atoms with Gasteiger partial charge in [0.1, 0.15) is 0 Å². The summed E-state index contributed by atoms with van der Waals surface area (Å²) in [6.45, 7) is -3.63. The van der Waals surface area contributed by atoms with Gasteiger partial charge in [0.2, 0.25) is 0 Å². The molecule has 0 saturated carbocycles. The Bertz CT molecular complexity index is 1840. The number of benzene rings is 2. The third kappa shape index (κ3) is 0.183. The first-order valence-electron chi connectivity index (χ1n) is 10.9. The molecule has 5 atom stereocenters. The summed E-state index contributed by atoms with van der Waals surface area (Å²) in [7, 11) is 0. The summed E-state index contributed by atoms with van der Waals surface area (Å²) in [5, 5.41) is 11.2. The van der Waals surface area contributed by atoms with E-state index in [4.69, 9.17) is 4.98 Å². The molecule has 0 bridgehead atoms. The average Bonchev–Trinajstić information content (AvgIpc) is 3.67. The van der Waals surface area contributed by atoms with Crippen molar-refractivity contribution < 1.29 is 11.6 Å². The Kier molecular flexibility index (Phi) is 0.540. The van der Waals surface area contributed by atoms with Gasteiger partial charge in [-0.05, 0) is 0 Å². The second kappa shape index (κ2) is 1.33. The predicted octanol–water partition coefficient (Wildman–Crippen LogP) is 5.84. The zero-order valence-electron chi connectivity index (χ0n) is 15.1. The summed E-state index contributed by atoms with van der Waals surface area (Å²) < 4.78 is 1.28. The van der Waals surface area contributed by atoms with Gasteiger partial charge in [-0.3, -0.25) is 0 Å². The van der Waals surface area contributed by atoms with Crippen LogP contribution in [0.1, 0.15) is 11.3 Å². The number of aromatic nitrogens is 1. The average molecular weight is 405 g/mol. The molecule has 3 heteroatoms. The number of hydrogen-bond donors (Lipinski definition) is 1. The Balaban J connectivity index is 1.24. The number of rotatable bonds is 2. The Hall–Kier alpha value is -1.83. The molecule has 10 aliphatic rings. The van der Waals surface area contributed by atoms with Gasteiger partial charge in [0.15, 0.2) is 0 Å². The molecule has 0 radical (unpaired) electrons. The van der Waals surface area contributed by atoms with Crippen molar-refractivity contribution in [1.29, 1.82) is 0 Å². The maximum absolute atomic E-state index is 9.91. The normalized spacial score (nSPS) is 79.6. The fourth-order valence-corrected chi connectivity index (χ4v) is 96.1. The number of para-hydroxylation sites is 1. The van der Waals surface area contributed by atoms with Gasteiger partial charge in [0, 0.05) is 0 Å². The van der Waals surface area contributed by atoms with Gasteiger partial charge in [-0.2, -0.15) is 0 Å². The quantitative estimate of drug-likeness (QED) is 0.543. The molecule has 1 aromatic heterocycles. The van der Waals surface area contributed by atoms with Crippen molar-refractivity contribution >= 4 is 10.9 Å². The van der Waals surface area contributed by atoms with Crippen LogP contribution in [0.3, 0.4) is 0 Å². The van der Waals surface area contributed by atoms with Crippen LogP contribution in [0.5, 0.6) is 5.75 Å². The van der Waals surface area contributed by atoms with Crippen molar-refractivity contribution in [1.82, 2.24) is 4.98 Å². The van der Waals surface area contributed by atoms with Crippen LogP contribution in [0.25, 0.3) is 10.9 Å². The Morgan fingerprint density at radius 1 is 0.750 bits per heavy atom. The predicted molar refractivity (Wildman–Crippen MR) is 103 cm³/mol. The Morgan fingerprint density at radius 2 is 1.43 bits per heavy atom. The van der Waals surface area contributed by atoms with Gasteiger partial charge in [-0.25, -0.2) is 0 Å². The van der Waals surface area contributed by atoms with Crippen molar-refractivity contribution in [2.75, 3.05) is 0 Å². The van der Waals surface area contributed by atoms with Crippen molar-refractivity contribution in [3.05, 3.63) is 71.9 Å². The molecule has 5 unspecified atom stereocenters. The zero-order chi connectivity index (χ0) is 17.6. The first kappa shape index (κ1) is 11.4. The summed E-state index contributed by atoms with van der Waals surface area (Å²) in [6, 6.07) is 22.2. The van der Waals surface area contributed by atoms with Crippen LogP contribution in [0, 0.1) is 0 Å². The standard InChI is InChI=1S/C20H14NO.C5H5.Fe/c22-18-10-7-14(8-11-18)16-5-6-17(13-16)20-12-9-15-3-1-2-4-19(15)21-20;1-2-4-5-3-1;/h1-13,22H;1-5H;. The summed E-state index contributed by atoms with van der Waals surface area (Å²) in [6.07, 6.45) is 0. The van der Waals surface area contributed by atoms with Gasteiger partial charge in [-0.15, -0.1) is 0 Å². The summed E-state index contributed by atoms with van der Waals surface area (Å²) in [5.41, 5.74) is 4.43. The molecule has 2 aromatic carbocycles. The van der Waals surface area contributed by atoms with Crippen molar-refractivity contribution in [2.24, 2.45) is 0 Å². The van der Waals surface area contributed by atoms with Crippen LogP contribution in [-0.2, 0) is 15.1 Å².